The van der Waals surface area contributed by atoms with Crippen molar-refractivity contribution < 1.29 is 14.3 Å². The highest BCUT2D eigenvalue weighted by Gasteiger charge is 2.15. The van der Waals surface area contributed by atoms with Crippen LogP contribution in [0.5, 0.6) is 5.75 Å². The van der Waals surface area contributed by atoms with Crippen molar-refractivity contribution in [3.8, 4) is 5.75 Å². The predicted molar refractivity (Wildman–Crippen MR) is 90.2 cm³/mol. The summed E-state index contributed by atoms with van der Waals surface area (Å²) in [4.78, 5) is 27.8. The van der Waals surface area contributed by atoms with E-state index >= 15 is 0 Å². The highest BCUT2D eigenvalue weighted by molar-refractivity contribution is 5.87. The molecule has 0 saturated heterocycles. The third kappa shape index (κ3) is 6.08. The zero-order valence-electron chi connectivity index (χ0n) is 13.6. The van der Waals surface area contributed by atoms with Gasteiger partial charge in [0.25, 0.3) is 0 Å². The molecule has 0 spiro atoms. The molecular formula is C18H21N3O3. The minimum absolute atomic E-state index is 0.190. The standard InChI is InChI=1S/C18H21N3O3/c1-14(18(23)20-13-15-6-5-10-19-12-15)21-17(22)9-11-24-16-7-3-2-4-8-16/h2-8,10,12,14H,9,11,13H2,1H3,(H,20,23)(H,21,22)/t14-/m0/s1. The number of ether oxygens (including phenoxy) is 1. The Morgan fingerprint density at radius 1 is 1.17 bits per heavy atom. The summed E-state index contributed by atoms with van der Waals surface area (Å²) in [7, 11) is 0. The minimum Gasteiger partial charge on any atom is -0.493 e. The van der Waals surface area contributed by atoms with Gasteiger partial charge in [0.05, 0.1) is 13.0 Å². The van der Waals surface area contributed by atoms with Crippen molar-refractivity contribution in [1.29, 1.82) is 0 Å². The maximum Gasteiger partial charge on any atom is 0.242 e. The number of pyridine rings is 1. The SMILES string of the molecule is C[C@H](NC(=O)CCOc1ccccc1)C(=O)NCc1cccnc1. The average Bonchev–Trinajstić information content (AvgIpc) is 2.61. The van der Waals surface area contributed by atoms with Gasteiger partial charge in [0, 0.05) is 18.9 Å². The first-order valence-corrected chi connectivity index (χ1v) is 7.79. The van der Waals surface area contributed by atoms with Gasteiger partial charge in [0.1, 0.15) is 11.8 Å². The first-order chi connectivity index (χ1) is 11.6. The summed E-state index contributed by atoms with van der Waals surface area (Å²) in [6.45, 7) is 2.29. The van der Waals surface area contributed by atoms with Crippen LogP contribution in [0.1, 0.15) is 18.9 Å². The van der Waals surface area contributed by atoms with E-state index in [0.717, 1.165) is 5.56 Å². The van der Waals surface area contributed by atoms with Gasteiger partial charge in [0.2, 0.25) is 11.8 Å². The van der Waals surface area contributed by atoms with Crippen molar-refractivity contribution >= 4 is 11.8 Å². The molecule has 0 bridgehead atoms. The molecule has 0 fully saturated rings. The summed E-state index contributed by atoms with van der Waals surface area (Å²) in [5.41, 5.74) is 0.903. The summed E-state index contributed by atoms with van der Waals surface area (Å²) < 4.78 is 5.46. The number of amides is 2. The second-order valence-electron chi connectivity index (χ2n) is 5.28. The van der Waals surface area contributed by atoms with E-state index in [-0.39, 0.29) is 24.8 Å². The molecule has 1 heterocycles. The molecule has 6 nitrogen and oxygen atoms in total. The van der Waals surface area contributed by atoms with Crippen molar-refractivity contribution in [2.45, 2.75) is 25.9 Å². The smallest absolute Gasteiger partial charge is 0.242 e. The molecule has 0 saturated carbocycles. The van der Waals surface area contributed by atoms with Crippen LogP contribution in [-0.4, -0.2) is 29.4 Å². The van der Waals surface area contributed by atoms with Crippen molar-refractivity contribution in [3.05, 3.63) is 60.4 Å². The Morgan fingerprint density at radius 3 is 2.67 bits per heavy atom. The fourth-order valence-corrected chi connectivity index (χ4v) is 2.00. The summed E-state index contributed by atoms with van der Waals surface area (Å²) in [6.07, 6.45) is 3.55. The molecule has 2 aromatic rings. The second-order valence-corrected chi connectivity index (χ2v) is 5.28. The zero-order chi connectivity index (χ0) is 17.2. The molecule has 2 amide bonds. The van der Waals surface area contributed by atoms with Gasteiger partial charge in [0.15, 0.2) is 0 Å². The van der Waals surface area contributed by atoms with Crippen molar-refractivity contribution in [2.24, 2.45) is 0 Å². The van der Waals surface area contributed by atoms with E-state index in [2.05, 4.69) is 15.6 Å². The van der Waals surface area contributed by atoms with E-state index < -0.39 is 6.04 Å². The number of hydrogen-bond donors (Lipinski definition) is 2. The quantitative estimate of drug-likeness (QED) is 0.773. The number of rotatable bonds is 8. The fraction of sp³-hybridized carbons (Fsp3) is 0.278. The Labute approximate surface area is 141 Å². The third-order valence-corrected chi connectivity index (χ3v) is 3.30. The number of benzene rings is 1. The van der Waals surface area contributed by atoms with Crippen molar-refractivity contribution in [2.75, 3.05) is 6.61 Å². The Bertz CT molecular complexity index is 647. The van der Waals surface area contributed by atoms with Gasteiger partial charge in [-0.1, -0.05) is 24.3 Å². The number of aromatic nitrogens is 1. The summed E-state index contributed by atoms with van der Waals surface area (Å²) in [6, 6.07) is 12.3. The summed E-state index contributed by atoms with van der Waals surface area (Å²) in [5, 5.41) is 5.42. The number of carbonyl (C=O) groups excluding carboxylic acids is 2. The van der Waals surface area contributed by atoms with Crippen LogP contribution in [0.2, 0.25) is 0 Å². The molecule has 0 radical (unpaired) electrons. The maximum absolute atomic E-state index is 12.0. The van der Waals surface area contributed by atoms with Crippen LogP contribution in [0.25, 0.3) is 0 Å². The zero-order valence-corrected chi connectivity index (χ0v) is 13.6. The van der Waals surface area contributed by atoms with Gasteiger partial charge < -0.3 is 15.4 Å². The van der Waals surface area contributed by atoms with E-state index in [1.165, 1.54) is 0 Å². The highest BCUT2D eigenvalue weighted by Crippen LogP contribution is 2.08. The molecule has 1 aromatic heterocycles. The fourth-order valence-electron chi connectivity index (χ4n) is 2.00. The lowest BCUT2D eigenvalue weighted by Gasteiger charge is -2.14. The third-order valence-electron chi connectivity index (χ3n) is 3.30. The molecule has 1 aromatic carbocycles. The van der Waals surface area contributed by atoms with Crippen LogP contribution in [0.3, 0.4) is 0 Å². The van der Waals surface area contributed by atoms with E-state index in [1.54, 1.807) is 25.4 Å². The Balaban J connectivity index is 1.66. The van der Waals surface area contributed by atoms with Gasteiger partial charge in [-0.2, -0.15) is 0 Å². The molecule has 0 aliphatic heterocycles. The molecule has 6 heteroatoms. The van der Waals surface area contributed by atoms with Gasteiger partial charge in [-0.05, 0) is 30.7 Å². The second kappa shape index (κ2) is 9.29. The first-order valence-electron chi connectivity index (χ1n) is 7.79. The monoisotopic (exact) mass is 327 g/mol. The maximum atomic E-state index is 12.0. The molecule has 0 unspecified atom stereocenters. The average molecular weight is 327 g/mol. The molecule has 1 atom stereocenters. The van der Waals surface area contributed by atoms with Gasteiger partial charge in [-0.3, -0.25) is 14.6 Å². The molecule has 24 heavy (non-hydrogen) atoms. The van der Waals surface area contributed by atoms with Crippen LogP contribution in [-0.2, 0) is 16.1 Å². The summed E-state index contributed by atoms with van der Waals surface area (Å²) >= 11 is 0. The van der Waals surface area contributed by atoms with Crippen LogP contribution >= 0.6 is 0 Å². The number of nitrogens with zero attached hydrogens (tertiary/aromatic N) is 1. The van der Waals surface area contributed by atoms with E-state index in [0.29, 0.717) is 12.3 Å². The summed E-state index contributed by atoms with van der Waals surface area (Å²) in [5.74, 6) is 0.249. The lowest BCUT2D eigenvalue weighted by Crippen LogP contribution is -2.44. The highest BCUT2D eigenvalue weighted by atomic mass is 16.5. The van der Waals surface area contributed by atoms with Gasteiger partial charge in [-0.25, -0.2) is 0 Å². The van der Waals surface area contributed by atoms with Crippen LogP contribution in [0.15, 0.2) is 54.9 Å². The van der Waals surface area contributed by atoms with Crippen molar-refractivity contribution in [1.82, 2.24) is 15.6 Å². The molecule has 2 N–H and O–H groups in total. The largest absolute Gasteiger partial charge is 0.493 e. The van der Waals surface area contributed by atoms with Gasteiger partial charge in [-0.15, -0.1) is 0 Å². The van der Waals surface area contributed by atoms with Crippen LogP contribution in [0.4, 0.5) is 0 Å². The van der Waals surface area contributed by atoms with E-state index in [4.69, 9.17) is 4.74 Å². The normalized spacial score (nSPS) is 11.4. The lowest BCUT2D eigenvalue weighted by molar-refractivity contribution is -0.128. The molecule has 0 aliphatic carbocycles. The molecule has 0 aliphatic rings. The number of para-hydroxylation sites is 1. The number of hydrogen-bond acceptors (Lipinski definition) is 4. The van der Waals surface area contributed by atoms with Gasteiger partial charge >= 0.3 is 0 Å². The Hall–Kier alpha value is -2.89. The lowest BCUT2D eigenvalue weighted by atomic mass is 10.2. The Morgan fingerprint density at radius 2 is 1.96 bits per heavy atom. The number of nitrogens with one attached hydrogen (secondary N) is 2. The van der Waals surface area contributed by atoms with E-state index in [1.807, 2.05) is 36.4 Å². The minimum atomic E-state index is -0.606. The van der Waals surface area contributed by atoms with Crippen LogP contribution in [0, 0.1) is 0 Å². The van der Waals surface area contributed by atoms with E-state index in [9.17, 15) is 9.59 Å². The van der Waals surface area contributed by atoms with Crippen molar-refractivity contribution in [3.63, 3.8) is 0 Å². The number of carbonyl (C=O) groups is 2. The molecular weight excluding hydrogens is 306 g/mol. The molecule has 2 rings (SSSR count). The topological polar surface area (TPSA) is 80.3 Å². The van der Waals surface area contributed by atoms with Crippen LogP contribution < -0.4 is 15.4 Å². The molecule has 126 valence electrons. The first kappa shape index (κ1) is 17.5. The predicted octanol–water partition coefficient (Wildman–Crippen LogP) is 1.67. The Kier molecular flexibility index (Phi) is 6.76.